The standard InChI is InChI=1S/C26H30FN5O5/c1-30-8-4-5-17-22(30)28-25(29-23(17)34)32-11-6-26(7-12-32)21-18(24(35)37-26)13-16(14-19(21)27)36-15-20(33)31-9-2-3-10-31/h13-14H,2-12,15H2,1H3,(H,28,29,34). The fourth-order valence-corrected chi connectivity index (χ4v) is 5.97. The lowest BCUT2D eigenvalue weighted by Crippen LogP contribution is -2.44. The number of hydrogen-bond donors (Lipinski definition) is 1. The molecule has 5 heterocycles. The van der Waals surface area contributed by atoms with Crippen LogP contribution in [-0.4, -0.2) is 73.1 Å². The second-order valence-corrected chi connectivity index (χ2v) is 10.3. The van der Waals surface area contributed by atoms with E-state index < -0.39 is 17.4 Å². The van der Waals surface area contributed by atoms with Gasteiger partial charge in [0.25, 0.3) is 11.5 Å². The number of likely N-dealkylation sites (tertiary alicyclic amines) is 1. The molecule has 0 atom stereocenters. The average molecular weight is 512 g/mol. The molecule has 0 radical (unpaired) electrons. The van der Waals surface area contributed by atoms with E-state index in [-0.39, 0.29) is 34.9 Å². The second kappa shape index (κ2) is 9.04. The lowest BCUT2D eigenvalue weighted by atomic mass is 9.83. The first kappa shape index (κ1) is 23.7. The molecule has 1 N–H and O–H groups in total. The van der Waals surface area contributed by atoms with E-state index in [1.165, 1.54) is 12.1 Å². The van der Waals surface area contributed by atoms with E-state index in [4.69, 9.17) is 14.5 Å². The van der Waals surface area contributed by atoms with E-state index in [0.717, 1.165) is 25.8 Å². The number of anilines is 2. The lowest BCUT2D eigenvalue weighted by molar-refractivity contribution is -0.132. The Morgan fingerprint density at radius 1 is 1.14 bits per heavy atom. The number of piperidine rings is 1. The molecular weight excluding hydrogens is 481 g/mol. The van der Waals surface area contributed by atoms with Crippen LogP contribution < -0.4 is 20.1 Å². The number of amides is 1. The Balaban J connectivity index is 1.19. The fraction of sp³-hybridized carbons (Fsp3) is 0.538. The highest BCUT2D eigenvalue weighted by Crippen LogP contribution is 2.46. The molecule has 0 saturated carbocycles. The molecule has 10 nitrogen and oxygen atoms in total. The zero-order chi connectivity index (χ0) is 25.7. The normalized spacial score (nSPS) is 20.2. The van der Waals surface area contributed by atoms with Gasteiger partial charge in [-0.25, -0.2) is 9.18 Å². The van der Waals surface area contributed by atoms with Crippen molar-refractivity contribution in [1.29, 1.82) is 0 Å². The first-order valence-corrected chi connectivity index (χ1v) is 12.9. The van der Waals surface area contributed by atoms with Gasteiger partial charge in [0.1, 0.15) is 23.0 Å². The van der Waals surface area contributed by atoms with Crippen molar-refractivity contribution in [1.82, 2.24) is 14.9 Å². The third-order valence-electron chi connectivity index (χ3n) is 7.98. The molecule has 1 aromatic heterocycles. The Hall–Kier alpha value is -3.63. The summed E-state index contributed by atoms with van der Waals surface area (Å²) >= 11 is 0. The number of ether oxygens (including phenoxy) is 2. The third kappa shape index (κ3) is 4.10. The topological polar surface area (TPSA) is 108 Å². The second-order valence-electron chi connectivity index (χ2n) is 10.3. The largest absolute Gasteiger partial charge is 0.484 e. The van der Waals surface area contributed by atoms with Crippen molar-refractivity contribution >= 4 is 23.6 Å². The summed E-state index contributed by atoms with van der Waals surface area (Å²) in [7, 11) is 1.93. The number of carbonyl (C=O) groups is 2. The van der Waals surface area contributed by atoms with Gasteiger partial charge in [-0.1, -0.05) is 0 Å². The molecule has 4 aliphatic heterocycles. The number of aromatic nitrogens is 2. The maximum Gasteiger partial charge on any atom is 0.339 e. The molecule has 2 aromatic rings. The fourth-order valence-electron chi connectivity index (χ4n) is 5.97. The SMILES string of the molecule is CN1CCCc2c1nc(N1CCC3(CC1)OC(=O)c1cc(OCC(=O)N4CCCC4)cc(F)c13)[nH]c2=O. The van der Waals surface area contributed by atoms with Gasteiger partial charge in [0, 0.05) is 64.2 Å². The van der Waals surface area contributed by atoms with E-state index in [0.29, 0.717) is 62.8 Å². The Kier molecular flexibility index (Phi) is 5.80. The van der Waals surface area contributed by atoms with Crippen molar-refractivity contribution in [2.24, 2.45) is 0 Å². The molecule has 1 spiro atoms. The van der Waals surface area contributed by atoms with Gasteiger partial charge in [-0.05, 0) is 31.7 Å². The lowest BCUT2D eigenvalue weighted by Gasteiger charge is -2.39. The number of halogens is 1. The van der Waals surface area contributed by atoms with E-state index in [9.17, 15) is 14.4 Å². The van der Waals surface area contributed by atoms with Crippen LogP contribution in [0.25, 0.3) is 0 Å². The van der Waals surface area contributed by atoms with Crippen LogP contribution in [0.15, 0.2) is 16.9 Å². The van der Waals surface area contributed by atoms with Gasteiger partial charge in [0.2, 0.25) is 5.95 Å². The highest BCUT2D eigenvalue weighted by Gasteiger charge is 2.50. The number of benzene rings is 1. The smallest absolute Gasteiger partial charge is 0.339 e. The van der Waals surface area contributed by atoms with Gasteiger partial charge < -0.3 is 24.2 Å². The van der Waals surface area contributed by atoms with E-state index in [1.807, 2.05) is 16.8 Å². The number of rotatable bonds is 4. The zero-order valence-electron chi connectivity index (χ0n) is 20.8. The number of fused-ring (bicyclic) bond motifs is 3. The van der Waals surface area contributed by atoms with E-state index in [1.54, 1.807) is 4.90 Å². The van der Waals surface area contributed by atoms with Crippen molar-refractivity contribution in [2.45, 2.75) is 44.1 Å². The number of H-pyrrole nitrogens is 1. The van der Waals surface area contributed by atoms with Crippen molar-refractivity contribution < 1.29 is 23.5 Å². The molecule has 196 valence electrons. The summed E-state index contributed by atoms with van der Waals surface area (Å²) in [4.78, 5) is 51.0. The molecule has 2 fully saturated rings. The molecular formula is C26H30FN5O5. The first-order valence-electron chi connectivity index (χ1n) is 12.9. The molecule has 2 saturated heterocycles. The number of aromatic amines is 1. The third-order valence-corrected chi connectivity index (χ3v) is 7.98. The summed E-state index contributed by atoms with van der Waals surface area (Å²) in [6.45, 7) is 2.92. The predicted molar refractivity (Wildman–Crippen MR) is 133 cm³/mol. The van der Waals surface area contributed by atoms with Crippen molar-refractivity contribution in [3.8, 4) is 5.75 Å². The van der Waals surface area contributed by atoms with Gasteiger partial charge in [0.15, 0.2) is 6.61 Å². The van der Waals surface area contributed by atoms with Crippen LogP contribution >= 0.6 is 0 Å². The molecule has 0 unspecified atom stereocenters. The number of esters is 1. The Labute approximate surface area is 213 Å². The summed E-state index contributed by atoms with van der Waals surface area (Å²) in [6.07, 6.45) is 4.27. The Morgan fingerprint density at radius 3 is 2.65 bits per heavy atom. The Morgan fingerprint density at radius 2 is 1.89 bits per heavy atom. The minimum absolute atomic E-state index is 0.133. The van der Waals surface area contributed by atoms with Crippen LogP contribution in [0.4, 0.5) is 16.2 Å². The maximum absolute atomic E-state index is 15.4. The van der Waals surface area contributed by atoms with Gasteiger partial charge in [0.05, 0.1) is 11.1 Å². The molecule has 37 heavy (non-hydrogen) atoms. The van der Waals surface area contributed by atoms with Crippen LogP contribution in [-0.2, 0) is 21.6 Å². The van der Waals surface area contributed by atoms with E-state index >= 15 is 4.39 Å². The van der Waals surface area contributed by atoms with Gasteiger partial charge >= 0.3 is 5.97 Å². The summed E-state index contributed by atoms with van der Waals surface area (Å²) in [6, 6.07) is 2.70. The van der Waals surface area contributed by atoms with Crippen molar-refractivity contribution in [3.63, 3.8) is 0 Å². The first-order chi connectivity index (χ1) is 17.8. The Bertz CT molecular complexity index is 1310. The van der Waals surface area contributed by atoms with Crippen LogP contribution in [0.3, 0.4) is 0 Å². The molecule has 1 aromatic carbocycles. The monoisotopic (exact) mass is 511 g/mol. The number of nitrogens with zero attached hydrogens (tertiary/aromatic N) is 4. The number of carbonyl (C=O) groups excluding carboxylic acids is 2. The van der Waals surface area contributed by atoms with Gasteiger partial charge in [-0.2, -0.15) is 4.98 Å². The zero-order valence-corrected chi connectivity index (χ0v) is 20.8. The average Bonchev–Trinajstić information content (AvgIpc) is 3.51. The molecule has 11 heteroatoms. The van der Waals surface area contributed by atoms with Crippen molar-refractivity contribution in [3.05, 3.63) is 45.0 Å². The van der Waals surface area contributed by atoms with Gasteiger partial charge in [-0.3, -0.25) is 14.6 Å². The number of nitrogens with one attached hydrogen (secondary N) is 1. The summed E-state index contributed by atoms with van der Waals surface area (Å²) in [5, 5.41) is 0. The van der Waals surface area contributed by atoms with Crippen molar-refractivity contribution in [2.75, 3.05) is 56.2 Å². The van der Waals surface area contributed by atoms with Crippen LogP contribution in [0.1, 0.15) is 53.6 Å². The molecule has 6 rings (SSSR count). The molecule has 0 bridgehead atoms. The van der Waals surface area contributed by atoms with Crippen LogP contribution in [0, 0.1) is 5.82 Å². The summed E-state index contributed by atoms with van der Waals surface area (Å²) in [5.41, 5.74) is -0.138. The minimum Gasteiger partial charge on any atom is -0.484 e. The van der Waals surface area contributed by atoms with Crippen LogP contribution in [0.5, 0.6) is 5.75 Å². The predicted octanol–water partition coefficient (Wildman–Crippen LogP) is 1.96. The molecule has 4 aliphatic rings. The van der Waals surface area contributed by atoms with Gasteiger partial charge in [-0.15, -0.1) is 0 Å². The van der Waals surface area contributed by atoms with Crippen LogP contribution in [0.2, 0.25) is 0 Å². The minimum atomic E-state index is -1.08. The quantitative estimate of drug-likeness (QED) is 0.621. The highest BCUT2D eigenvalue weighted by atomic mass is 19.1. The summed E-state index contributed by atoms with van der Waals surface area (Å²) < 4.78 is 26.7. The molecule has 1 amide bonds. The number of hydrogen-bond acceptors (Lipinski definition) is 8. The maximum atomic E-state index is 15.4. The highest BCUT2D eigenvalue weighted by molar-refractivity contribution is 5.95. The molecule has 0 aliphatic carbocycles. The summed E-state index contributed by atoms with van der Waals surface area (Å²) in [5.74, 6) is -0.0171. The van der Waals surface area contributed by atoms with E-state index in [2.05, 4.69) is 4.98 Å².